The molecular formula is C22H22ClN7OS. The fraction of sp³-hybridized carbons (Fsp3) is 0.364. The molecule has 8 nitrogen and oxygen atoms in total. The van der Waals surface area contributed by atoms with Crippen molar-refractivity contribution in [2.75, 3.05) is 24.5 Å². The van der Waals surface area contributed by atoms with E-state index in [4.69, 9.17) is 21.6 Å². The fourth-order valence-electron chi connectivity index (χ4n) is 4.60. The summed E-state index contributed by atoms with van der Waals surface area (Å²) in [5, 5.41) is 17.9. The van der Waals surface area contributed by atoms with Gasteiger partial charge in [0.25, 0.3) is 0 Å². The average molecular weight is 468 g/mol. The molecule has 2 unspecified atom stereocenters. The first-order valence-electron chi connectivity index (χ1n) is 10.8. The van der Waals surface area contributed by atoms with Crippen LogP contribution in [0.4, 0.5) is 5.82 Å². The molecule has 0 radical (unpaired) electrons. The number of halogens is 1. The molecule has 0 bridgehead atoms. The standard InChI is InChI=1S/C22H22ClN7OS/c1-2-14-19(23)18-20(26-14)27-22(28-21(18)29-7-5-12-9-24-16(12)11-29)32-13-8-17-15(25-10-13)4-3-6-30(17)31/h3-4,6,8,10,12,16,24H,2,5,7,9,11H2,1H3,(H,26,27,28). The largest absolute Gasteiger partial charge is 0.618 e. The van der Waals surface area contributed by atoms with Gasteiger partial charge in [-0.1, -0.05) is 18.5 Å². The van der Waals surface area contributed by atoms with E-state index in [0.717, 1.165) is 70.6 Å². The van der Waals surface area contributed by atoms with Crippen LogP contribution in [0.2, 0.25) is 5.02 Å². The maximum Gasteiger partial charge on any atom is 0.243 e. The van der Waals surface area contributed by atoms with Crippen LogP contribution in [0.25, 0.3) is 22.1 Å². The molecule has 0 saturated carbocycles. The quantitative estimate of drug-likeness (QED) is 0.270. The molecule has 164 valence electrons. The first kappa shape index (κ1) is 20.0. The third-order valence-electron chi connectivity index (χ3n) is 6.47. The number of rotatable bonds is 4. The third kappa shape index (κ3) is 3.27. The average Bonchev–Trinajstić information content (AvgIpc) is 3.10. The van der Waals surface area contributed by atoms with Crippen LogP contribution in [-0.2, 0) is 6.42 Å². The van der Waals surface area contributed by atoms with Crippen molar-refractivity contribution >= 4 is 51.2 Å². The Morgan fingerprint density at radius 1 is 1.38 bits per heavy atom. The number of anilines is 1. The molecule has 0 spiro atoms. The van der Waals surface area contributed by atoms with Crippen molar-refractivity contribution in [3.63, 3.8) is 0 Å². The molecule has 0 amide bonds. The normalized spacial score (nSPS) is 20.5. The highest BCUT2D eigenvalue weighted by atomic mass is 35.5. The van der Waals surface area contributed by atoms with E-state index in [9.17, 15) is 5.21 Å². The van der Waals surface area contributed by atoms with Crippen molar-refractivity contribution in [1.29, 1.82) is 0 Å². The number of hydrogen-bond acceptors (Lipinski definition) is 7. The molecule has 2 aliphatic rings. The first-order chi connectivity index (χ1) is 15.6. The molecule has 0 aliphatic carbocycles. The first-order valence-corrected chi connectivity index (χ1v) is 12.0. The minimum Gasteiger partial charge on any atom is -0.618 e. The van der Waals surface area contributed by atoms with E-state index in [0.29, 0.717) is 27.3 Å². The van der Waals surface area contributed by atoms with Gasteiger partial charge in [0.15, 0.2) is 11.4 Å². The van der Waals surface area contributed by atoms with Crippen molar-refractivity contribution in [3.8, 4) is 0 Å². The van der Waals surface area contributed by atoms with Crippen LogP contribution in [-0.4, -0.2) is 45.6 Å². The molecule has 32 heavy (non-hydrogen) atoms. The van der Waals surface area contributed by atoms with Crippen LogP contribution in [0.5, 0.6) is 0 Å². The number of fused-ring (bicyclic) bond motifs is 3. The summed E-state index contributed by atoms with van der Waals surface area (Å²) in [6.45, 7) is 5.05. The highest BCUT2D eigenvalue weighted by Gasteiger charge is 2.37. The van der Waals surface area contributed by atoms with Crippen LogP contribution in [0, 0.1) is 11.1 Å². The van der Waals surface area contributed by atoms with Gasteiger partial charge < -0.3 is 20.4 Å². The second-order valence-electron chi connectivity index (χ2n) is 8.35. The summed E-state index contributed by atoms with van der Waals surface area (Å²) in [5.74, 6) is 1.63. The van der Waals surface area contributed by atoms with Gasteiger partial charge in [-0.3, -0.25) is 0 Å². The van der Waals surface area contributed by atoms with E-state index < -0.39 is 0 Å². The summed E-state index contributed by atoms with van der Waals surface area (Å²) in [4.78, 5) is 20.7. The number of hydrogen-bond donors (Lipinski definition) is 2. The summed E-state index contributed by atoms with van der Waals surface area (Å²) < 4.78 is 0.829. The molecule has 10 heteroatoms. The lowest BCUT2D eigenvalue weighted by atomic mass is 9.85. The van der Waals surface area contributed by atoms with Gasteiger partial charge in [-0.25, -0.2) is 15.0 Å². The monoisotopic (exact) mass is 467 g/mol. The second-order valence-corrected chi connectivity index (χ2v) is 9.76. The maximum atomic E-state index is 12.2. The van der Waals surface area contributed by atoms with Gasteiger partial charge in [0.05, 0.1) is 10.4 Å². The third-order valence-corrected chi connectivity index (χ3v) is 7.71. The van der Waals surface area contributed by atoms with E-state index >= 15 is 0 Å². The summed E-state index contributed by atoms with van der Waals surface area (Å²) in [6.07, 6.45) is 5.17. The Morgan fingerprint density at radius 2 is 2.28 bits per heavy atom. The molecule has 2 fully saturated rings. The zero-order valence-electron chi connectivity index (χ0n) is 17.5. The minimum atomic E-state index is 0.505. The summed E-state index contributed by atoms with van der Waals surface area (Å²) >= 11 is 8.15. The molecule has 6 rings (SSSR count). The van der Waals surface area contributed by atoms with Crippen LogP contribution in [0.3, 0.4) is 0 Å². The second kappa shape index (κ2) is 7.75. The van der Waals surface area contributed by atoms with Gasteiger partial charge in [0.2, 0.25) is 5.52 Å². The molecule has 2 aliphatic heterocycles. The lowest BCUT2D eigenvalue weighted by Gasteiger charge is -2.46. The Morgan fingerprint density at radius 3 is 3.06 bits per heavy atom. The zero-order chi connectivity index (χ0) is 21.8. The molecule has 2 saturated heterocycles. The van der Waals surface area contributed by atoms with Crippen molar-refractivity contribution in [2.45, 2.75) is 35.9 Å². The van der Waals surface area contributed by atoms with Gasteiger partial charge in [-0.15, -0.1) is 0 Å². The number of H-pyrrole nitrogens is 1. The highest BCUT2D eigenvalue weighted by Crippen LogP contribution is 2.38. The van der Waals surface area contributed by atoms with E-state index in [1.807, 2.05) is 12.1 Å². The Balaban J connectivity index is 1.42. The molecule has 4 aromatic rings. The van der Waals surface area contributed by atoms with E-state index in [1.54, 1.807) is 12.3 Å². The number of aromatic nitrogens is 5. The summed E-state index contributed by atoms with van der Waals surface area (Å²) in [5.41, 5.74) is 2.89. The Kier molecular flexibility index (Phi) is 4.85. The Bertz CT molecular complexity index is 1340. The van der Waals surface area contributed by atoms with Crippen molar-refractivity contribution < 1.29 is 4.73 Å². The molecule has 6 heterocycles. The molecular weight excluding hydrogens is 446 g/mol. The number of aromatic amines is 1. The van der Waals surface area contributed by atoms with Crippen LogP contribution in [0.1, 0.15) is 19.0 Å². The minimum absolute atomic E-state index is 0.505. The number of pyridine rings is 2. The van der Waals surface area contributed by atoms with Gasteiger partial charge in [0.1, 0.15) is 17.0 Å². The Labute approximate surface area is 194 Å². The van der Waals surface area contributed by atoms with Crippen molar-refractivity contribution in [3.05, 3.63) is 46.5 Å². The van der Waals surface area contributed by atoms with Crippen LogP contribution >= 0.6 is 23.4 Å². The molecule has 2 N–H and O–H groups in total. The lowest BCUT2D eigenvalue weighted by molar-refractivity contribution is -0.577. The predicted molar refractivity (Wildman–Crippen MR) is 125 cm³/mol. The summed E-state index contributed by atoms with van der Waals surface area (Å²) in [6, 6.07) is 5.85. The maximum absolute atomic E-state index is 12.2. The number of piperidine rings is 1. The molecule has 4 aromatic heterocycles. The molecule has 0 aromatic carbocycles. The van der Waals surface area contributed by atoms with Gasteiger partial charge in [0, 0.05) is 48.1 Å². The fourth-order valence-corrected chi connectivity index (χ4v) is 5.71. The number of nitrogens with zero attached hydrogens (tertiary/aromatic N) is 5. The highest BCUT2D eigenvalue weighted by molar-refractivity contribution is 7.99. The lowest BCUT2D eigenvalue weighted by Crippen LogP contribution is -2.62. The van der Waals surface area contributed by atoms with Crippen LogP contribution < -0.4 is 14.9 Å². The van der Waals surface area contributed by atoms with Gasteiger partial charge >= 0.3 is 0 Å². The van der Waals surface area contributed by atoms with Crippen molar-refractivity contribution in [1.82, 2.24) is 25.3 Å². The number of aryl methyl sites for hydroxylation is 1. The SMILES string of the molecule is CCc1[nH]c2nc(Sc3cnc4ccc[n+]([O-])c4c3)nc(N3CCC4CNC4C3)c2c1Cl. The smallest absolute Gasteiger partial charge is 0.243 e. The van der Waals surface area contributed by atoms with E-state index in [1.165, 1.54) is 18.0 Å². The predicted octanol–water partition coefficient (Wildman–Crippen LogP) is 3.30. The van der Waals surface area contributed by atoms with E-state index in [-0.39, 0.29) is 0 Å². The van der Waals surface area contributed by atoms with Crippen LogP contribution in [0.15, 0.2) is 40.6 Å². The van der Waals surface area contributed by atoms with Crippen molar-refractivity contribution in [2.24, 2.45) is 5.92 Å². The molecule has 2 atom stereocenters. The van der Waals surface area contributed by atoms with Gasteiger partial charge in [-0.2, -0.15) is 4.73 Å². The zero-order valence-corrected chi connectivity index (χ0v) is 19.1. The Hall–Kier alpha value is -2.62. The number of nitrogens with one attached hydrogen (secondary N) is 2. The van der Waals surface area contributed by atoms with Gasteiger partial charge in [-0.05, 0) is 43.1 Å². The summed E-state index contributed by atoms with van der Waals surface area (Å²) in [7, 11) is 0. The topological polar surface area (TPSA) is 96.7 Å². The van der Waals surface area contributed by atoms with E-state index in [2.05, 4.69) is 27.1 Å².